The summed E-state index contributed by atoms with van der Waals surface area (Å²) in [7, 11) is 0. The summed E-state index contributed by atoms with van der Waals surface area (Å²) in [6.45, 7) is 2.51. The molecule has 0 aliphatic rings. The van der Waals surface area contributed by atoms with E-state index in [0.717, 1.165) is 16.7 Å². The van der Waals surface area contributed by atoms with Crippen LogP contribution in [0.1, 0.15) is 30.0 Å². The van der Waals surface area contributed by atoms with E-state index >= 15 is 0 Å². The van der Waals surface area contributed by atoms with Crippen LogP contribution in [0, 0.1) is 0 Å². The minimum atomic E-state index is -0.627. The van der Waals surface area contributed by atoms with E-state index in [0.29, 0.717) is 31.0 Å². The summed E-state index contributed by atoms with van der Waals surface area (Å²) < 4.78 is 0. The van der Waals surface area contributed by atoms with Gasteiger partial charge in [-0.15, -0.1) is 0 Å². The molecule has 0 saturated heterocycles. The lowest BCUT2D eigenvalue weighted by atomic mass is 10.0. The third kappa shape index (κ3) is 6.43. The average molecular weight is 435 g/mol. The zero-order chi connectivity index (χ0) is 22.1. The minimum Gasteiger partial charge on any atom is -0.350 e. The second-order valence-electron chi connectivity index (χ2n) is 7.38. The Hall–Kier alpha value is -3.11. The topological polar surface area (TPSA) is 49.4 Å². The number of nitrogens with zero attached hydrogens (tertiary/aromatic N) is 1. The second kappa shape index (κ2) is 11.3. The van der Waals surface area contributed by atoms with Crippen LogP contribution in [0.4, 0.5) is 0 Å². The number of nitrogens with one attached hydrogen (secondary N) is 1. The van der Waals surface area contributed by atoms with E-state index in [9.17, 15) is 9.59 Å². The van der Waals surface area contributed by atoms with Crippen LogP contribution < -0.4 is 5.32 Å². The molecule has 0 heterocycles. The third-order valence-electron chi connectivity index (χ3n) is 5.18. The lowest BCUT2D eigenvalue weighted by Crippen LogP contribution is -2.50. The summed E-state index contributed by atoms with van der Waals surface area (Å²) in [5.41, 5.74) is 2.83. The standard InChI is InChI=1S/C26H27ClN2O2/c1-2-25(30)29(19-21-13-7-4-8-14-21)24(17-20-11-5-3-6-12-20)26(31)28-18-22-15-9-10-16-23(22)27/h3-16,24H,2,17-19H2,1H3,(H,28,31)/t24-/m0/s1. The fraction of sp³-hybridized carbons (Fsp3) is 0.231. The van der Waals surface area contributed by atoms with Crippen LogP contribution in [0.3, 0.4) is 0 Å². The smallest absolute Gasteiger partial charge is 0.243 e. The summed E-state index contributed by atoms with van der Waals surface area (Å²) in [5.74, 6) is -0.251. The minimum absolute atomic E-state index is 0.0577. The Morgan fingerprint density at radius 2 is 1.45 bits per heavy atom. The Morgan fingerprint density at radius 1 is 0.871 bits per heavy atom. The lowest BCUT2D eigenvalue weighted by molar-refractivity contribution is -0.141. The molecule has 0 bridgehead atoms. The summed E-state index contributed by atoms with van der Waals surface area (Å²) in [4.78, 5) is 27.9. The van der Waals surface area contributed by atoms with Gasteiger partial charge < -0.3 is 10.2 Å². The van der Waals surface area contributed by atoms with Gasteiger partial charge in [-0.1, -0.05) is 97.4 Å². The highest BCUT2D eigenvalue weighted by atomic mass is 35.5. The molecule has 5 heteroatoms. The van der Waals surface area contributed by atoms with E-state index in [1.807, 2.05) is 85.8 Å². The Balaban J connectivity index is 1.86. The molecule has 31 heavy (non-hydrogen) atoms. The van der Waals surface area contributed by atoms with Crippen LogP contribution in [-0.4, -0.2) is 22.8 Å². The normalized spacial score (nSPS) is 11.5. The first-order valence-corrected chi connectivity index (χ1v) is 10.8. The van der Waals surface area contributed by atoms with Crippen LogP contribution in [0.5, 0.6) is 0 Å². The largest absolute Gasteiger partial charge is 0.350 e. The van der Waals surface area contributed by atoms with Crippen LogP contribution in [0.15, 0.2) is 84.9 Å². The van der Waals surface area contributed by atoms with Gasteiger partial charge in [-0.05, 0) is 22.8 Å². The van der Waals surface area contributed by atoms with Crippen molar-refractivity contribution in [2.24, 2.45) is 0 Å². The monoisotopic (exact) mass is 434 g/mol. The summed E-state index contributed by atoms with van der Waals surface area (Å²) >= 11 is 6.24. The number of carbonyl (C=O) groups is 2. The SMILES string of the molecule is CCC(=O)N(Cc1ccccc1)[C@@H](Cc1ccccc1)C(=O)NCc1ccccc1Cl. The van der Waals surface area contributed by atoms with Gasteiger partial charge in [-0.3, -0.25) is 9.59 Å². The van der Waals surface area contributed by atoms with Gasteiger partial charge in [-0.2, -0.15) is 0 Å². The Labute approximate surface area is 188 Å². The van der Waals surface area contributed by atoms with Gasteiger partial charge in [0.1, 0.15) is 6.04 Å². The number of benzene rings is 3. The van der Waals surface area contributed by atoms with E-state index < -0.39 is 6.04 Å². The van der Waals surface area contributed by atoms with Gasteiger partial charge in [0.15, 0.2) is 0 Å². The van der Waals surface area contributed by atoms with Crippen molar-refractivity contribution < 1.29 is 9.59 Å². The van der Waals surface area contributed by atoms with E-state index in [1.165, 1.54) is 0 Å². The quantitative estimate of drug-likeness (QED) is 0.514. The third-order valence-corrected chi connectivity index (χ3v) is 5.55. The van der Waals surface area contributed by atoms with Crippen LogP contribution in [0.2, 0.25) is 5.02 Å². The highest BCUT2D eigenvalue weighted by Crippen LogP contribution is 2.17. The molecule has 0 spiro atoms. The number of amides is 2. The molecule has 1 N–H and O–H groups in total. The number of carbonyl (C=O) groups excluding carboxylic acids is 2. The molecule has 0 fully saturated rings. The maximum absolute atomic E-state index is 13.3. The first-order chi connectivity index (χ1) is 15.1. The molecular formula is C26H27ClN2O2. The Morgan fingerprint density at radius 3 is 2.06 bits per heavy atom. The van der Waals surface area contributed by atoms with Gasteiger partial charge >= 0.3 is 0 Å². The molecular weight excluding hydrogens is 408 g/mol. The second-order valence-corrected chi connectivity index (χ2v) is 7.78. The van der Waals surface area contributed by atoms with Crippen molar-refractivity contribution in [3.8, 4) is 0 Å². The molecule has 2 amide bonds. The van der Waals surface area contributed by atoms with Gasteiger partial charge in [0.2, 0.25) is 11.8 Å². The van der Waals surface area contributed by atoms with Gasteiger partial charge in [0.05, 0.1) is 0 Å². The molecule has 3 aromatic carbocycles. The van der Waals surface area contributed by atoms with Crippen molar-refractivity contribution in [3.63, 3.8) is 0 Å². The molecule has 3 rings (SSSR count). The molecule has 0 unspecified atom stereocenters. The van der Waals surface area contributed by atoms with E-state index in [1.54, 1.807) is 11.0 Å². The van der Waals surface area contributed by atoms with Crippen molar-refractivity contribution >= 4 is 23.4 Å². The van der Waals surface area contributed by atoms with Crippen molar-refractivity contribution in [3.05, 3.63) is 107 Å². The Kier molecular flexibility index (Phi) is 8.25. The molecule has 3 aromatic rings. The fourth-order valence-electron chi connectivity index (χ4n) is 3.48. The number of hydrogen-bond donors (Lipinski definition) is 1. The molecule has 0 saturated carbocycles. The number of rotatable bonds is 9. The van der Waals surface area contributed by atoms with Crippen molar-refractivity contribution in [2.45, 2.75) is 38.9 Å². The van der Waals surface area contributed by atoms with E-state index in [2.05, 4.69) is 5.32 Å². The first kappa shape index (κ1) is 22.6. The molecule has 160 valence electrons. The van der Waals surface area contributed by atoms with E-state index in [-0.39, 0.29) is 11.8 Å². The zero-order valence-corrected chi connectivity index (χ0v) is 18.4. The number of hydrogen-bond acceptors (Lipinski definition) is 2. The highest BCUT2D eigenvalue weighted by Gasteiger charge is 2.29. The summed E-state index contributed by atoms with van der Waals surface area (Å²) in [6.07, 6.45) is 0.768. The van der Waals surface area contributed by atoms with Crippen LogP contribution in [-0.2, 0) is 29.1 Å². The van der Waals surface area contributed by atoms with Crippen molar-refractivity contribution in [1.82, 2.24) is 10.2 Å². The maximum Gasteiger partial charge on any atom is 0.243 e. The van der Waals surface area contributed by atoms with Crippen LogP contribution >= 0.6 is 11.6 Å². The molecule has 0 aromatic heterocycles. The van der Waals surface area contributed by atoms with E-state index in [4.69, 9.17) is 11.6 Å². The first-order valence-electron chi connectivity index (χ1n) is 10.5. The zero-order valence-electron chi connectivity index (χ0n) is 17.6. The van der Waals surface area contributed by atoms with Gasteiger partial charge in [0, 0.05) is 31.0 Å². The molecule has 0 radical (unpaired) electrons. The fourth-order valence-corrected chi connectivity index (χ4v) is 3.68. The lowest BCUT2D eigenvalue weighted by Gasteiger charge is -2.31. The molecule has 0 aliphatic carbocycles. The molecule has 1 atom stereocenters. The van der Waals surface area contributed by atoms with Crippen molar-refractivity contribution in [1.29, 1.82) is 0 Å². The number of halogens is 1. The van der Waals surface area contributed by atoms with Gasteiger partial charge in [-0.25, -0.2) is 0 Å². The summed E-state index contributed by atoms with van der Waals surface area (Å²) in [5, 5.41) is 3.59. The van der Waals surface area contributed by atoms with Crippen molar-refractivity contribution in [2.75, 3.05) is 0 Å². The van der Waals surface area contributed by atoms with Gasteiger partial charge in [0.25, 0.3) is 0 Å². The Bertz CT molecular complexity index is 993. The van der Waals surface area contributed by atoms with Crippen LogP contribution in [0.25, 0.3) is 0 Å². The average Bonchev–Trinajstić information content (AvgIpc) is 2.81. The molecule has 0 aliphatic heterocycles. The highest BCUT2D eigenvalue weighted by molar-refractivity contribution is 6.31. The predicted molar refractivity (Wildman–Crippen MR) is 125 cm³/mol. The predicted octanol–water partition coefficient (Wildman–Crippen LogP) is 5.01. The summed E-state index contributed by atoms with van der Waals surface area (Å²) in [6, 6.07) is 26.3. The maximum atomic E-state index is 13.3. The molecule has 4 nitrogen and oxygen atoms in total.